The monoisotopic (exact) mass is 233 g/mol. The summed E-state index contributed by atoms with van der Waals surface area (Å²) >= 11 is 0. The van der Waals surface area contributed by atoms with Crippen LogP contribution in [0.15, 0.2) is 41.2 Å². The van der Waals surface area contributed by atoms with Crippen LogP contribution in [0.4, 0.5) is 4.39 Å². The third-order valence-corrected chi connectivity index (χ3v) is 2.53. The minimum Gasteiger partial charge on any atom is -0.319 e. The molecule has 0 aliphatic heterocycles. The van der Waals surface area contributed by atoms with Gasteiger partial charge in [0.15, 0.2) is 0 Å². The normalized spacial score (nSPS) is 12.4. The van der Waals surface area contributed by atoms with Gasteiger partial charge in [-0.15, -0.1) is 0 Å². The molecule has 1 aromatic heterocycles. The molecule has 1 atom stereocenters. The smallest absolute Gasteiger partial charge is 0.266 e. The Morgan fingerprint density at radius 1 is 1.24 bits per heavy atom. The molecule has 0 fully saturated rings. The van der Waals surface area contributed by atoms with E-state index in [0.29, 0.717) is 5.69 Å². The Morgan fingerprint density at radius 3 is 2.47 bits per heavy atom. The highest BCUT2D eigenvalue weighted by atomic mass is 19.1. The molecule has 2 aromatic rings. The molecule has 0 aliphatic rings. The molecule has 4 nitrogen and oxygen atoms in total. The summed E-state index contributed by atoms with van der Waals surface area (Å²) in [6.07, 6.45) is 0. The summed E-state index contributed by atoms with van der Waals surface area (Å²) in [6.45, 7) is 0. The number of nitrogens with two attached hydrogens (primary N) is 1. The molecule has 88 valence electrons. The van der Waals surface area contributed by atoms with Gasteiger partial charge in [-0.3, -0.25) is 4.79 Å². The number of hydrogen-bond acceptors (Lipinski definition) is 3. The van der Waals surface area contributed by atoms with Crippen LogP contribution < -0.4 is 11.3 Å². The molecule has 2 rings (SSSR count). The van der Waals surface area contributed by atoms with E-state index in [-0.39, 0.29) is 11.4 Å². The summed E-state index contributed by atoms with van der Waals surface area (Å²) in [4.78, 5) is 11.2. The van der Waals surface area contributed by atoms with Crippen LogP contribution in [0.2, 0.25) is 0 Å². The summed E-state index contributed by atoms with van der Waals surface area (Å²) in [5.41, 5.74) is 7.11. The summed E-state index contributed by atoms with van der Waals surface area (Å²) in [5.74, 6) is -0.311. The lowest BCUT2D eigenvalue weighted by atomic mass is 10.0. The number of benzene rings is 1. The quantitative estimate of drug-likeness (QED) is 0.840. The number of nitrogens with zero attached hydrogens (tertiary/aromatic N) is 2. The molecule has 1 unspecified atom stereocenters. The van der Waals surface area contributed by atoms with E-state index < -0.39 is 6.04 Å². The summed E-state index contributed by atoms with van der Waals surface area (Å²) in [7, 11) is 1.56. The molecule has 1 aromatic carbocycles. The van der Waals surface area contributed by atoms with Crippen LogP contribution in [0, 0.1) is 5.82 Å². The first-order valence-corrected chi connectivity index (χ1v) is 5.13. The van der Waals surface area contributed by atoms with Crippen molar-refractivity contribution < 1.29 is 4.39 Å². The molecule has 17 heavy (non-hydrogen) atoms. The Bertz CT molecular complexity index is 577. The van der Waals surface area contributed by atoms with Crippen molar-refractivity contribution in [2.45, 2.75) is 6.04 Å². The topological polar surface area (TPSA) is 60.9 Å². The van der Waals surface area contributed by atoms with E-state index in [1.165, 1.54) is 22.9 Å². The van der Waals surface area contributed by atoms with Gasteiger partial charge >= 0.3 is 0 Å². The maximum Gasteiger partial charge on any atom is 0.266 e. The van der Waals surface area contributed by atoms with Gasteiger partial charge < -0.3 is 5.73 Å². The van der Waals surface area contributed by atoms with E-state index in [1.807, 2.05) is 0 Å². The highest BCUT2D eigenvalue weighted by Gasteiger charge is 2.11. The van der Waals surface area contributed by atoms with Crippen LogP contribution >= 0.6 is 0 Å². The lowest BCUT2D eigenvalue weighted by Gasteiger charge is -2.11. The van der Waals surface area contributed by atoms with Crippen molar-refractivity contribution in [3.63, 3.8) is 0 Å². The molecule has 0 radical (unpaired) electrons. The highest BCUT2D eigenvalue weighted by molar-refractivity contribution is 5.26. The standard InChI is InChI=1S/C12H12FN3O/c1-16-11(17)7-6-10(15-16)12(14)8-2-4-9(13)5-3-8/h2-7,12H,14H2,1H3. The molecule has 1 heterocycles. The summed E-state index contributed by atoms with van der Waals surface area (Å²) in [6, 6.07) is 8.41. The second-order valence-corrected chi connectivity index (χ2v) is 3.75. The molecule has 0 aliphatic carbocycles. The number of aromatic nitrogens is 2. The van der Waals surface area contributed by atoms with Crippen molar-refractivity contribution in [3.8, 4) is 0 Å². The zero-order valence-electron chi connectivity index (χ0n) is 9.30. The molecule has 5 heteroatoms. The van der Waals surface area contributed by atoms with E-state index >= 15 is 0 Å². The van der Waals surface area contributed by atoms with E-state index in [0.717, 1.165) is 5.56 Å². The van der Waals surface area contributed by atoms with Gasteiger partial charge in [-0.05, 0) is 23.8 Å². The predicted octanol–water partition coefficient (Wildman–Crippen LogP) is 0.968. The average molecular weight is 233 g/mol. The molecule has 0 bridgehead atoms. The molecule has 0 amide bonds. The third-order valence-electron chi connectivity index (χ3n) is 2.53. The van der Waals surface area contributed by atoms with Crippen molar-refractivity contribution in [2.24, 2.45) is 12.8 Å². The first-order chi connectivity index (χ1) is 8.08. The van der Waals surface area contributed by atoms with Crippen LogP contribution in [0.5, 0.6) is 0 Å². The predicted molar refractivity (Wildman–Crippen MR) is 61.9 cm³/mol. The van der Waals surface area contributed by atoms with Crippen LogP contribution in [-0.4, -0.2) is 9.78 Å². The Kier molecular flexibility index (Phi) is 3.01. The molecule has 0 saturated heterocycles. The molecular weight excluding hydrogens is 221 g/mol. The first-order valence-electron chi connectivity index (χ1n) is 5.13. The van der Waals surface area contributed by atoms with E-state index in [2.05, 4.69) is 5.10 Å². The summed E-state index contributed by atoms with van der Waals surface area (Å²) in [5, 5.41) is 4.06. The van der Waals surface area contributed by atoms with E-state index in [9.17, 15) is 9.18 Å². The van der Waals surface area contributed by atoms with Crippen LogP contribution in [0.25, 0.3) is 0 Å². The SMILES string of the molecule is Cn1nc(C(N)c2ccc(F)cc2)ccc1=O. The van der Waals surface area contributed by atoms with Gasteiger partial charge in [0.05, 0.1) is 11.7 Å². The maximum absolute atomic E-state index is 12.8. The molecular formula is C12H12FN3O. The van der Waals surface area contributed by atoms with Gasteiger partial charge in [-0.1, -0.05) is 12.1 Å². The second kappa shape index (κ2) is 4.47. The Morgan fingerprint density at radius 2 is 1.88 bits per heavy atom. The fourth-order valence-electron chi connectivity index (χ4n) is 1.53. The van der Waals surface area contributed by atoms with Crippen molar-refractivity contribution in [2.75, 3.05) is 0 Å². The lowest BCUT2D eigenvalue weighted by Crippen LogP contribution is -2.23. The van der Waals surface area contributed by atoms with Crippen molar-refractivity contribution in [1.29, 1.82) is 0 Å². The second-order valence-electron chi connectivity index (χ2n) is 3.75. The van der Waals surface area contributed by atoms with Gasteiger partial charge in [0.1, 0.15) is 5.82 Å². The zero-order valence-corrected chi connectivity index (χ0v) is 9.30. The van der Waals surface area contributed by atoms with Gasteiger partial charge in [0, 0.05) is 13.1 Å². The Hall–Kier alpha value is -2.01. The van der Waals surface area contributed by atoms with Crippen LogP contribution in [0.1, 0.15) is 17.3 Å². The third kappa shape index (κ3) is 2.39. The average Bonchev–Trinajstić information content (AvgIpc) is 2.33. The first kappa shape index (κ1) is 11.5. The minimum atomic E-state index is -0.470. The number of aryl methyl sites for hydroxylation is 1. The Labute approximate surface area is 97.5 Å². The van der Waals surface area contributed by atoms with Crippen molar-refractivity contribution in [3.05, 3.63) is 63.8 Å². The highest BCUT2D eigenvalue weighted by Crippen LogP contribution is 2.16. The van der Waals surface area contributed by atoms with Gasteiger partial charge in [-0.2, -0.15) is 5.10 Å². The maximum atomic E-state index is 12.8. The number of halogens is 1. The van der Waals surface area contributed by atoms with Crippen LogP contribution in [-0.2, 0) is 7.05 Å². The largest absolute Gasteiger partial charge is 0.319 e. The number of hydrogen-bond donors (Lipinski definition) is 1. The van der Waals surface area contributed by atoms with Crippen LogP contribution in [0.3, 0.4) is 0 Å². The zero-order chi connectivity index (χ0) is 12.4. The molecule has 0 saturated carbocycles. The lowest BCUT2D eigenvalue weighted by molar-refractivity contribution is 0.624. The van der Waals surface area contributed by atoms with Gasteiger partial charge in [0.2, 0.25) is 0 Å². The number of rotatable bonds is 2. The summed E-state index contributed by atoms with van der Waals surface area (Å²) < 4.78 is 14.0. The van der Waals surface area contributed by atoms with Crippen molar-refractivity contribution in [1.82, 2.24) is 9.78 Å². The van der Waals surface area contributed by atoms with E-state index in [4.69, 9.17) is 5.73 Å². The van der Waals surface area contributed by atoms with Gasteiger partial charge in [-0.25, -0.2) is 9.07 Å². The molecule has 2 N–H and O–H groups in total. The fourth-order valence-corrected chi connectivity index (χ4v) is 1.53. The molecule has 0 spiro atoms. The Balaban J connectivity index is 2.36. The minimum absolute atomic E-state index is 0.194. The fraction of sp³-hybridized carbons (Fsp3) is 0.167. The van der Waals surface area contributed by atoms with E-state index in [1.54, 1.807) is 25.2 Å². The van der Waals surface area contributed by atoms with Gasteiger partial charge in [0.25, 0.3) is 5.56 Å². The van der Waals surface area contributed by atoms with Crippen molar-refractivity contribution >= 4 is 0 Å².